The molecule has 0 aliphatic rings. The van der Waals surface area contributed by atoms with Crippen molar-refractivity contribution in [3.8, 4) is 5.82 Å². The van der Waals surface area contributed by atoms with Crippen LogP contribution < -0.4 is 5.32 Å². The lowest BCUT2D eigenvalue weighted by molar-refractivity contribution is -0.118. The lowest BCUT2D eigenvalue weighted by Gasteiger charge is -2.11. The van der Waals surface area contributed by atoms with Gasteiger partial charge in [0.05, 0.1) is 16.8 Å². The molecule has 2 heterocycles. The van der Waals surface area contributed by atoms with E-state index in [0.717, 1.165) is 27.3 Å². The maximum Gasteiger partial charge on any atom is 0.230 e. The Labute approximate surface area is 161 Å². The van der Waals surface area contributed by atoms with Crippen molar-refractivity contribution in [1.29, 1.82) is 0 Å². The van der Waals surface area contributed by atoms with E-state index in [0.29, 0.717) is 12.3 Å². The Morgan fingerprint density at radius 2 is 1.78 bits per heavy atom. The van der Waals surface area contributed by atoms with E-state index in [9.17, 15) is 4.79 Å². The molecule has 4 aromatic rings. The number of para-hydroxylation sites is 2. The third-order valence-electron chi connectivity index (χ3n) is 4.14. The van der Waals surface area contributed by atoms with Crippen LogP contribution in [0.2, 0.25) is 0 Å². The van der Waals surface area contributed by atoms with Crippen LogP contribution in [0.1, 0.15) is 5.56 Å². The topological polar surface area (TPSA) is 59.8 Å². The molecule has 2 aromatic carbocycles. The van der Waals surface area contributed by atoms with Gasteiger partial charge in [0, 0.05) is 23.2 Å². The van der Waals surface area contributed by atoms with Crippen LogP contribution in [0, 0.1) is 0 Å². The Bertz CT molecular complexity index is 1060. The molecule has 2 aromatic heterocycles. The van der Waals surface area contributed by atoms with Crippen molar-refractivity contribution in [2.75, 3.05) is 5.75 Å². The molecule has 0 spiro atoms. The summed E-state index contributed by atoms with van der Waals surface area (Å²) in [6, 6.07) is 21.7. The summed E-state index contributed by atoms with van der Waals surface area (Å²) in [6.07, 6.45) is 3.52. The normalized spacial score (nSPS) is 10.8. The van der Waals surface area contributed by atoms with Crippen LogP contribution in [0.5, 0.6) is 0 Å². The molecule has 4 rings (SSSR count). The van der Waals surface area contributed by atoms with Crippen LogP contribution >= 0.6 is 11.8 Å². The second-order valence-electron chi connectivity index (χ2n) is 5.97. The van der Waals surface area contributed by atoms with Crippen molar-refractivity contribution in [3.63, 3.8) is 0 Å². The van der Waals surface area contributed by atoms with E-state index >= 15 is 0 Å². The Kier molecular flexibility index (Phi) is 5.16. The Hall–Kier alpha value is -3.12. The highest BCUT2D eigenvalue weighted by molar-refractivity contribution is 8.00. The van der Waals surface area contributed by atoms with E-state index in [1.165, 1.54) is 11.8 Å². The number of pyridine rings is 1. The first-order valence-electron chi connectivity index (χ1n) is 8.62. The highest BCUT2D eigenvalue weighted by Crippen LogP contribution is 2.19. The van der Waals surface area contributed by atoms with E-state index in [1.54, 1.807) is 12.5 Å². The molecule has 0 radical (unpaired) electrons. The third kappa shape index (κ3) is 4.01. The minimum atomic E-state index is -0.00542. The molecule has 27 heavy (non-hydrogen) atoms. The molecule has 0 aliphatic heterocycles. The molecule has 0 saturated carbocycles. The Morgan fingerprint density at radius 1 is 0.963 bits per heavy atom. The predicted octanol–water partition coefficient (Wildman–Crippen LogP) is 3.83. The SMILES string of the molecule is O=C(CSc1ccccc1)NCc1cccnc1-n1cnc2ccccc21. The van der Waals surface area contributed by atoms with Crippen LogP contribution in [0.25, 0.3) is 16.9 Å². The molecular weight excluding hydrogens is 356 g/mol. The molecule has 6 heteroatoms. The Balaban J connectivity index is 1.46. The standard InChI is InChI=1S/C21H18N4OS/c26-20(14-27-17-8-2-1-3-9-17)23-13-16-7-6-12-22-21(16)25-15-24-18-10-4-5-11-19(18)25/h1-12,15H,13-14H2,(H,23,26). The van der Waals surface area contributed by atoms with Crippen LogP contribution in [0.4, 0.5) is 0 Å². The Morgan fingerprint density at radius 3 is 2.67 bits per heavy atom. The minimum absolute atomic E-state index is 0.00542. The van der Waals surface area contributed by atoms with Gasteiger partial charge in [-0.1, -0.05) is 36.4 Å². The lowest BCUT2D eigenvalue weighted by atomic mass is 10.2. The molecule has 134 valence electrons. The number of rotatable bonds is 6. The first kappa shape index (κ1) is 17.3. The highest BCUT2D eigenvalue weighted by Gasteiger charge is 2.11. The molecule has 0 fully saturated rings. The summed E-state index contributed by atoms with van der Waals surface area (Å²) in [5.74, 6) is 1.16. The van der Waals surface area contributed by atoms with Crippen LogP contribution in [-0.2, 0) is 11.3 Å². The predicted molar refractivity (Wildman–Crippen MR) is 108 cm³/mol. The zero-order valence-electron chi connectivity index (χ0n) is 14.6. The summed E-state index contributed by atoms with van der Waals surface area (Å²) in [6.45, 7) is 0.420. The number of fused-ring (bicyclic) bond motifs is 1. The number of hydrogen-bond acceptors (Lipinski definition) is 4. The van der Waals surface area contributed by atoms with Gasteiger partial charge in [-0.25, -0.2) is 9.97 Å². The van der Waals surface area contributed by atoms with Gasteiger partial charge >= 0.3 is 0 Å². The maximum absolute atomic E-state index is 12.2. The minimum Gasteiger partial charge on any atom is -0.351 e. The molecule has 5 nitrogen and oxygen atoms in total. The fourth-order valence-electron chi connectivity index (χ4n) is 2.82. The fourth-order valence-corrected chi connectivity index (χ4v) is 3.57. The summed E-state index contributed by atoms with van der Waals surface area (Å²) in [4.78, 5) is 22.2. The molecule has 1 amide bonds. The number of nitrogens with zero attached hydrogens (tertiary/aromatic N) is 3. The monoisotopic (exact) mass is 374 g/mol. The second-order valence-corrected chi connectivity index (χ2v) is 7.02. The zero-order valence-corrected chi connectivity index (χ0v) is 15.4. The van der Waals surface area contributed by atoms with Gasteiger partial charge < -0.3 is 5.32 Å². The van der Waals surface area contributed by atoms with E-state index in [1.807, 2.05) is 71.3 Å². The lowest BCUT2D eigenvalue weighted by Crippen LogP contribution is -2.25. The van der Waals surface area contributed by atoms with Crippen LogP contribution in [0.15, 0.2) is 84.1 Å². The first-order valence-corrected chi connectivity index (χ1v) is 9.61. The van der Waals surface area contributed by atoms with Gasteiger partial charge in [0.25, 0.3) is 0 Å². The summed E-state index contributed by atoms with van der Waals surface area (Å²) < 4.78 is 1.95. The van der Waals surface area contributed by atoms with E-state index in [2.05, 4.69) is 15.3 Å². The van der Waals surface area contributed by atoms with E-state index in [-0.39, 0.29) is 5.91 Å². The molecule has 0 atom stereocenters. The number of carbonyl (C=O) groups is 1. The number of amides is 1. The van der Waals surface area contributed by atoms with Crippen molar-refractivity contribution in [2.24, 2.45) is 0 Å². The first-order chi connectivity index (χ1) is 13.3. The largest absolute Gasteiger partial charge is 0.351 e. The molecule has 0 aliphatic carbocycles. The van der Waals surface area contributed by atoms with Crippen molar-refractivity contribution >= 4 is 28.7 Å². The van der Waals surface area contributed by atoms with Crippen LogP contribution in [-0.4, -0.2) is 26.2 Å². The van der Waals surface area contributed by atoms with Gasteiger partial charge in [0.1, 0.15) is 12.1 Å². The summed E-state index contributed by atoms with van der Waals surface area (Å²) >= 11 is 1.52. The molecule has 0 unspecified atom stereocenters. The summed E-state index contributed by atoms with van der Waals surface area (Å²) in [7, 11) is 0. The van der Waals surface area contributed by atoms with Gasteiger partial charge in [-0.2, -0.15) is 0 Å². The van der Waals surface area contributed by atoms with Gasteiger partial charge in [0.15, 0.2) is 0 Å². The average molecular weight is 374 g/mol. The van der Waals surface area contributed by atoms with E-state index in [4.69, 9.17) is 0 Å². The van der Waals surface area contributed by atoms with Gasteiger partial charge in [-0.3, -0.25) is 9.36 Å². The van der Waals surface area contributed by atoms with Crippen molar-refractivity contribution in [3.05, 3.63) is 84.8 Å². The molecule has 0 bridgehead atoms. The van der Waals surface area contributed by atoms with Crippen LogP contribution in [0.3, 0.4) is 0 Å². The zero-order chi connectivity index (χ0) is 18.5. The number of carbonyl (C=O) groups excluding carboxylic acids is 1. The maximum atomic E-state index is 12.2. The van der Waals surface area contributed by atoms with Gasteiger partial charge in [-0.15, -0.1) is 11.8 Å². The van der Waals surface area contributed by atoms with Crippen molar-refractivity contribution in [2.45, 2.75) is 11.4 Å². The smallest absolute Gasteiger partial charge is 0.230 e. The fraction of sp³-hybridized carbons (Fsp3) is 0.0952. The second kappa shape index (κ2) is 8.05. The number of nitrogens with one attached hydrogen (secondary N) is 1. The van der Waals surface area contributed by atoms with Crippen molar-refractivity contribution < 1.29 is 4.79 Å². The average Bonchev–Trinajstić information content (AvgIpc) is 3.16. The van der Waals surface area contributed by atoms with Gasteiger partial charge in [-0.05, 0) is 30.3 Å². The molecule has 0 saturated heterocycles. The molecule has 1 N–H and O–H groups in total. The quantitative estimate of drug-likeness (QED) is 0.521. The number of hydrogen-bond donors (Lipinski definition) is 1. The number of aromatic nitrogens is 3. The summed E-state index contributed by atoms with van der Waals surface area (Å²) in [5, 5.41) is 2.99. The number of thioether (sulfide) groups is 1. The highest BCUT2D eigenvalue weighted by atomic mass is 32.2. The number of imidazole rings is 1. The van der Waals surface area contributed by atoms with E-state index < -0.39 is 0 Å². The van der Waals surface area contributed by atoms with Crippen molar-refractivity contribution in [1.82, 2.24) is 19.9 Å². The third-order valence-corrected chi connectivity index (χ3v) is 5.15. The number of benzene rings is 2. The molecular formula is C21H18N4OS. The summed E-state index contributed by atoms with van der Waals surface area (Å²) in [5.41, 5.74) is 2.85. The van der Waals surface area contributed by atoms with Gasteiger partial charge in [0.2, 0.25) is 5.91 Å².